The summed E-state index contributed by atoms with van der Waals surface area (Å²) in [5.41, 5.74) is -21.3. The molecule has 24 heteroatoms. The van der Waals surface area contributed by atoms with E-state index in [1.807, 2.05) is 0 Å². The number of hydrogen-bond donors (Lipinski definition) is 0. The maximum atomic E-state index is 14.4. The molecule has 0 atom stereocenters. The van der Waals surface area contributed by atoms with Gasteiger partial charge in [0.2, 0.25) is 0 Å². The summed E-state index contributed by atoms with van der Waals surface area (Å²) in [5.74, 6) is -4.57. The molecule has 0 nitrogen and oxygen atoms in total. The van der Waals surface area contributed by atoms with E-state index in [2.05, 4.69) is 0 Å². The third kappa shape index (κ3) is 11.6. The lowest BCUT2D eigenvalue weighted by molar-refractivity contribution is -0.144. The summed E-state index contributed by atoms with van der Waals surface area (Å²) in [7, 11) is 0. The summed E-state index contributed by atoms with van der Waals surface area (Å²) < 4.78 is 345. The van der Waals surface area contributed by atoms with Crippen LogP contribution < -0.4 is 0 Å². The van der Waals surface area contributed by atoms with Crippen LogP contribution in [0, 0.1) is 0 Å². The van der Waals surface area contributed by atoms with E-state index in [-0.39, 0.29) is 83.9 Å². The Bertz CT molecular complexity index is 3210. The second-order valence-corrected chi connectivity index (χ2v) is 19.3. The van der Waals surface area contributed by atoms with E-state index in [0.717, 1.165) is 24.3 Å². The van der Waals surface area contributed by atoms with Crippen molar-refractivity contribution in [2.75, 3.05) is 0 Å². The van der Waals surface area contributed by atoms with E-state index in [0.29, 0.717) is 22.3 Å². The Morgan fingerprint density at radius 2 is 0.410 bits per heavy atom. The van der Waals surface area contributed by atoms with Crippen LogP contribution in [0.15, 0.2) is 170 Å². The minimum atomic E-state index is -5.57. The van der Waals surface area contributed by atoms with Gasteiger partial charge in [0.15, 0.2) is 0 Å². The lowest BCUT2D eigenvalue weighted by Gasteiger charge is -2.34. The summed E-state index contributed by atoms with van der Waals surface area (Å²) in [4.78, 5) is 0. The summed E-state index contributed by atoms with van der Waals surface area (Å²) in [6.45, 7) is 0. The predicted molar refractivity (Wildman–Crippen MR) is 251 cm³/mol. The van der Waals surface area contributed by atoms with Gasteiger partial charge < -0.3 is 0 Å². The van der Waals surface area contributed by atoms with Gasteiger partial charge in [-0.15, -0.1) is 0 Å². The molecule has 0 fully saturated rings. The number of alkyl halides is 24. The number of halogens is 24. The smallest absolute Gasteiger partial charge is 0.166 e. The Morgan fingerprint density at radius 1 is 0.217 bits per heavy atom. The Labute approximate surface area is 452 Å². The zero-order chi connectivity index (χ0) is 61.0. The van der Waals surface area contributed by atoms with Crippen molar-refractivity contribution in [1.82, 2.24) is 0 Å². The van der Waals surface area contributed by atoms with Crippen LogP contribution in [-0.2, 0) is 54.8 Å². The number of fused-ring (bicyclic) bond motifs is 3. The zero-order valence-corrected chi connectivity index (χ0v) is 40.9. The minimum Gasteiger partial charge on any atom is -0.166 e. The van der Waals surface area contributed by atoms with Crippen LogP contribution in [0.5, 0.6) is 0 Å². The topological polar surface area (TPSA) is 0 Å². The highest BCUT2D eigenvalue weighted by Crippen LogP contribution is 2.57. The van der Waals surface area contributed by atoms with Crippen molar-refractivity contribution in [3.8, 4) is 11.1 Å². The van der Waals surface area contributed by atoms with Gasteiger partial charge in [-0.1, -0.05) is 97.1 Å². The van der Waals surface area contributed by atoms with Crippen molar-refractivity contribution >= 4 is 0 Å². The molecule has 0 N–H and O–H groups in total. The highest BCUT2D eigenvalue weighted by molar-refractivity contribution is 5.86. The molecule has 0 aliphatic heterocycles. The quantitative estimate of drug-likeness (QED) is 0.105. The summed E-state index contributed by atoms with van der Waals surface area (Å²) in [6.07, 6.45) is -44.6. The van der Waals surface area contributed by atoms with Crippen molar-refractivity contribution < 1.29 is 105 Å². The lowest BCUT2D eigenvalue weighted by atomic mass is 9.67. The average molecular weight is 1190 g/mol. The molecule has 0 amide bonds. The van der Waals surface area contributed by atoms with Crippen LogP contribution in [0.4, 0.5) is 105 Å². The van der Waals surface area contributed by atoms with Gasteiger partial charge >= 0.3 is 49.4 Å². The number of benzene rings is 8. The largest absolute Gasteiger partial charge is 0.416 e. The summed E-state index contributed by atoms with van der Waals surface area (Å²) >= 11 is 0. The van der Waals surface area contributed by atoms with Gasteiger partial charge in [-0.25, -0.2) is 0 Å². The van der Waals surface area contributed by atoms with Crippen LogP contribution >= 0.6 is 0 Å². The van der Waals surface area contributed by atoms with Gasteiger partial charge in [0, 0.05) is 11.8 Å². The molecule has 0 aromatic heterocycles. The monoisotopic (exact) mass is 1190 g/mol. The molecule has 0 bridgehead atoms. The SMILES string of the molecule is FC(F)(F)c1cc(C(c2ccc(C3(c4ccc(C(c5cc(C(F)(F)F)cc(C(F)(F)F)c5)c5cc(C(F)(F)F)cc(C(F)(F)F)c5)cc4)c4ccccc4-c4ccccc43)cc2)c2cc(C(F)(F)F)cc(C(F)(F)F)c2)cc(C(F)(F)F)c1. The standard InChI is InChI=1S/C59H30F24/c60-52(61,62)37-17-31(18-38(25-37)53(63,64)65)49(32-19-39(54(66,67)68)26-40(20-32)55(69,70)71)29-9-13-35(14-10-29)51(47-7-3-1-5-45(47)46-6-2-4-8-48(46)51)36-15-11-30(12-16-36)50(33-21-41(56(72,73)74)27-42(22-33)57(75,76)77)34-23-43(58(78,79)80)28-44(24-34)59(81,82)83/h1-28,49-50H. The van der Waals surface area contributed by atoms with Crippen molar-refractivity contribution in [3.63, 3.8) is 0 Å². The average Bonchev–Trinajstić information content (AvgIpc) is 2.08. The normalized spacial score (nSPS) is 14.3. The first-order valence-electron chi connectivity index (χ1n) is 23.7. The van der Waals surface area contributed by atoms with E-state index in [1.54, 1.807) is 36.4 Å². The molecular formula is C59H30F24. The van der Waals surface area contributed by atoms with E-state index >= 15 is 0 Å². The molecule has 0 radical (unpaired) electrons. The van der Waals surface area contributed by atoms with E-state index in [9.17, 15) is 105 Å². The molecule has 9 rings (SSSR count). The van der Waals surface area contributed by atoms with Gasteiger partial charge in [0.1, 0.15) is 0 Å². The molecule has 0 spiro atoms. The molecule has 0 saturated carbocycles. The second kappa shape index (κ2) is 20.2. The number of hydrogen-bond acceptors (Lipinski definition) is 0. The van der Waals surface area contributed by atoms with Gasteiger partial charge in [0.25, 0.3) is 0 Å². The van der Waals surface area contributed by atoms with Crippen molar-refractivity contribution in [3.05, 3.63) is 270 Å². The fraction of sp³-hybridized carbons (Fsp3) is 0.186. The molecule has 0 unspecified atom stereocenters. The van der Waals surface area contributed by atoms with E-state index in [1.165, 1.54) is 36.4 Å². The van der Waals surface area contributed by atoms with Crippen LogP contribution in [0.25, 0.3) is 11.1 Å². The molecule has 8 aromatic carbocycles. The van der Waals surface area contributed by atoms with Gasteiger partial charge in [-0.3, -0.25) is 0 Å². The minimum absolute atomic E-state index is 0.0575. The Kier molecular flexibility index (Phi) is 14.5. The highest BCUT2D eigenvalue weighted by atomic mass is 19.4. The first kappa shape index (κ1) is 59.7. The van der Waals surface area contributed by atoms with Gasteiger partial charge in [-0.2, -0.15) is 105 Å². The Morgan fingerprint density at radius 3 is 0.602 bits per heavy atom. The van der Waals surface area contributed by atoms with Crippen LogP contribution in [0.2, 0.25) is 0 Å². The Hall–Kier alpha value is -7.92. The maximum absolute atomic E-state index is 14.4. The molecule has 8 aromatic rings. The molecular weight excluding hydrogens is 1160 g/mol. The van der Waals surface area contributed by atoms with Crippen LogP contribution in [0.3, 0.4) is 0 Å². The summed E-state index contributed by atoms with van der Waals surface area (Å²) in [6, 6.07) is 20.9. The van der Waals surface area contributed by atoms with Crippen molar-refractivity contribution in [2.24, 2.45) is 0 Å². The van der Waals surface area contributed by atoms with Crippen molar-refractivity contribution in [2.45, 2.75) is 66.7 Å². The third-order valence-corrected chi connectivity index (χ3v) is 14.1. The first-order valence-corrected chi connectivity index (χ1v) is 23.7. The van der Waals surface area contributed by atoms with Gasteiger partial charge in [-0.05, 0) is 140 Å². The summed E-state index contributed by atoms with van der Waals surface area (Å²) in [5, 5.41) is 0. The fourth-order valence-electron chi connectivity index (χ4n) is 10.6. The van der Waals surface area contributed by atoms with Crippen LogP contribution in [-0.4, -0.2) is 0 Å². The van der Waals surface area contributed by atoms with E-state index < -0.39 is 145 Å². The van der Waals surface area contributed by atoms with E-state index in [4.69, 9.17) is 0 Å². The zero-order valence-electron chi connectivity index (χ0n) is 40.9. The second-order valence-electron chi connectivity index (χ2n) is 19.3. The maximum Gasteiger partial charge on any atom is 0.416 e. The first-order chi connectivity index (χ1) is 38.2. The molecule has 83 heavy (non-hydrogen) atoms. The molecule has 0 saturated heterocycles. The van der Waals surface area contributed by atoms with Gasteiger partial charge in [0.05, 0.1) is 49.9 Å². The lowest BCUT2D eigenvalue weighted by Crippen LogP contribution is -2.28. The third-order valence-electron chi connectivity index (χ3n) is 14.1. The molecule has 1 aliphatic rings. The Balaban J connectivity index is 1.31. The predicted octanol–water partition coefficient (Wildman–Crippen LogP) is 20.6. The fourth-order valence-corrected chi connectivity index (χ4v) is 10.6. The van der Waals surface area contributed by atoms with Crippen molar-refractivity contribution in [1.29, 1.82) is 0 Å². The number of rotatable bonds is 8. The highest BCUT2D eigenvalue weighted by Gasteiger charge is 2.48. The molecule has 1 aliphatic carbocycles. The molecule has 0 heterocycles. The molecule has 434 valence electrons. The van der Waals surface area contributed by atoms with Crippen LogP contribution in [0.1, 0.15) is 112 Å².